The van der Waals surface area contributed by atoms with Crippen LogP contribution in [0.1, 0.15) is 44.4 Å². The van der Waals surface area contributed by atoms with Crippen LogP contribution in [0.2, 0.25) is 0 Å². The van der Waals surface area contributed by atoms with Crippen molar-refractivity contribution in [2.24, 2.45) is 10.9 Å². The fraction of sp³-hybridized carbons (Fsp3) is 0.316. The Kier molecular flexibility index (Phi) is 5.15. The zero-order chi connectivity index (χ0) is 15.2. The molecule has 0 aliphatic heterocycles. The van der Waals surface area contributed by atoms with E-state index in [-0.39, 0.29) is 6.04 Å². The van der Waals surface area contributed by atoms with Gasteiger partial charge in [0, 0.05) is 11.3 Å². The maximum atomic E-state index is 10.1. The van der Waals surface area contributed by atoms with Crippen molar-refractivity contribution in [1.29, 1.82) is 0 Å². The molecule has 1 N–H and O–H groups in total. The van der Waals surface area contributed by atoms with Crippen molar-refractivity contribution in [2.45, 2.75) is 33.2 Å². The molecule has 2 aromatic carbocycles. The predicted octanol–water partition coefficient (Wildman–Crippen LogP) is 4.99. The molecule has 1 atom stereocenters. The zero-order valence-electron chi connectivity index (χ0n) is 13.0. The number of phenols is 1. The second-order valence-electron chi connectivity index (χ2n) is 5.78. The molecule has 2 rings (SSSR count). The van der Waals surface area contributed by atoms with E-state index in [1.54, 1.807) is 6.07 Å². The van der Waals surface area contributed by atoms with Crippen LogP contribution in [0.25, 0.3) is 0 Å². The van der Waals surface area contributed by atoms with Gasteiger partial charge in [-0.05, 0) is 37.0 Å². The van der Waals surface area contributed by atoms with E-state index in [4.69, 9.17) is 4.99 Å². The maximum Gasteiger partial charge on any atom is 0.124 e. The molecular formula is C19H23NO. The molecule has 0 saturated heterocycles. The van der Waals surface area contributed by atoms with Gasteiger partial charge in [0.2, 0.25) is 0 Å². The van der Waals surface area contributed by atoms with Gasteiger partial charge in [-0.15, -0.1) is 0 Å². The van der Waals surface area contributed by atoms with Crippen LogP contribution >= 0.6 is 0 Å². The summed E-state index contributed by atoms with van der Waals surface area (Å²) in [6, 6.07) is 17.8. The van der Waals surface area contributed by atoms with Crippen LogP contribution in [0.3, 0.4) is 0 Å². The molecule has 0 fully saturated rings. The topological polar surface area (TPSA) is 32.6 Å². The van der Waals surface area contributed by atoms with E-state index >= 15 is 0 Å². The molecule has 0 radical (unpaired) electrons. The molecule has 21 heavy (non-hydrogen) atoms. The lowest BCUT2D eigenvalue weighted by Gasteiger charge is -2.15. The second-order valence-corrected chi connectivity index (χ2v) is 5.78. The minimum absolute atomic E-state index is 0.0829. The quantitative estimate of drug-likeness (QED) is 0.769. The van der Waals surface area contributed by atoms with Crippen LogP contribution in [-0.2, 0) is 0 Å². The van der Waals surface area contributed by atoms with E-state index in [2.05, 4.69) is 32.9 Å². The Labute approximate surface area is 127 Å². The third kappa shape index (κ3) is 4.19. The van der Waals surface area contributed by atoms with E-state index in [0.29, 0.717) is 11.7 Å². The number of nitrogens with zero attached hydrogens (tertiary/aromatic N) is 1. The molecule has 0 unspecified atom stereocenters. The molecule has 2 heteroatoms. The van der Waals surface area contributed by atoms with Crippen LogP contribution < -0.4 is 0 Å². The number of para-hydroxylation sites is 1. The van der Waals surface area contributed by atoms with Crippen LogP contribution in [0, 0.1) is 5.92 Å². The Morgan fingerprint density at radius 2 is 1.57 bits per heavy atom. The van der Waals surface area contributed by atoms with E-state index in [9.17, 15) is 5.11 Å². The maximum absolute atomic E-state index is 10.1. The largest absolute Gasteiger partial charge is 0.507 e. The van der Waals surface area contributed by atoms with Gasteiger partial charge in [-0.2, -0.15) is 0 Å². The average Bonchev–Trinajstić information content (AvgIpc) is 2.47. The minimum Gasteiger partial charge on any atom is -0.507 e. The highest BCUT2D eigenvalue weighted by atomic mass is 16.3. The molecule has 110 valence electrons. The third-order valence-electron chi connectivity index (χ3n) is 3.45. The monoisotopic (exact) mass is 281 g/mol. The molecular weight excluding hydrogens is 258 g/mol. The fourth-order valence-corrected chi connectivity index (χ4v) is 2.38. The van der Waals surface area contributed by atoms with Crippen LogP contribution in [0.15, 0.2) is 59.6 Å². The van der Waals surface area contributed by atoms with Crippen molar-refractivity contribution in [1.82, 2.24) is 0 Å². The molecule has 2 aromatic rings. The van der Waals surface area contributed by atoms with Crippen molar-refractivity contribution in [3.8, 4) is 5.75 Å². The summed E-state index contributed by atoms with van der Waals surface area (Å²) in [7, 11) is 0. The summed E-state index contributed by atoms with van der Waals surface area (Å²) in [6.07, 6.45) is 0.856. The van der Waals surface area contributed by atoms with Crippen molar-refractivity contribution in [3.63, 3.8) is 0 Å². The number of hydrogen-bond donors (Lipinski definition) is 1. The first-order valence-electron chi connectivity index (χ1n) is 7.48. The van der Waals surface area contributed by atoms with Crippen LogP contribution in [0.4, 0.5) is 0 Å². The zero-order valence-corrected chi connectivity index (χ0v) is 13.0. The van der Waals surface area contributed by atoms with Crippen molar-refractivity contribution < 1.29 is 5.11 Å². The highest BCUT2D eigenvalue weighted by molar-refractivity contribution is 6.03. The Hall–Kier alpha value is -2.09. The van der Waals surface area contributed by atoms with Crippen molar-refractivity contribution in [3.05, 3.63) is 65.7 Å². The minimum atomic E-state index is 0.0829. The van der Waals surface area contributed by atoms with Crippen LogP contribution in [0.5, 0.6) is 5.75 Å². The molecule has 0 heterocycles. The second kappa shape index (κ2) is 7.07. The van der Waals surface area contributed by atoms with Gasteiger partial charge in [-0.25, -0.2) is 0 Å². The summed E-state index contributed by atoms with van der Waals surface area (Å²) >= 11 is 0. The van der Waals surface area contributed by atoms with Crippen molar-refractivity contribution in [2.75, 3.05) is 0 Å². The SMILES string of the molecule is CC(C)CC(=N[C@H](C)c1ccccc1)c1ccccc1O. The Morgan fingerprint density at radius 3 is 2.19 bits per heavy atom. The smallest absolute Gasteiger partial charge is 0.124 e. The van der Waals surface area contributed by atoms with Crippen molar-refractivity contribution >= 4 is 5.71 Å². The first kappa shape index (κ1) is 15.3. The first-order valence-corrected chi connectivity index (χ1v) is 7.48. The number of rotatable bonds is 5. The van der Waals surface area contributed by atoms with E-state index in [1.165, 1.54) is 5.56 Å². The number of phenolic OH excluding ortho intramolecular Hbond substituents is 1. The Balaban J connectivity index is 2.36. The van der Waals surface area contributed by atoms with E-state index in [0.717, 1.165) is 17.7 Å². The lowest BCUT2D eigenvalue weighted by molar-refractivity contribution is 0.473. The molecule has 0 saturated carbocycles. The summed E-state index contributed by atoms with van der Waals surface area (Å²) < 4.78 is 0. The summed E-state index contributed by atoms with van der Waals surface area (Å²) in [6.45, 7) is 6.43. The Bertz CT molecular complexity index is 602. The number of aromatic hydroxyl groups is 1. The third-order valence-corrected chi connectivity index (χ3v) is 3.45. The molecule has 0 aliphatic carbocycles. The molecule has 0 aromatic heterocycles. The molecule has 2 nitrogen and oxygen atoms in total. The molecule has 0 aliphatic rings. The highest BCUT2D eigenvalue weighted by Crippen LogP contribution is 2.24. The van der Waals surface area contributed by atoms with Gasteiger partial charge in [0.15, 0.2) is 0 Å². The van der Waals surface area contributed by atoms with Gasteiger partial charge in [-0.1, -0.05) is 56.3 Å². The van der Waals surface area contributed by atoms with Crippen LogP contribution in [-0.4, -0.2) is 10.8 Å². The number of benzene rings is 2. The molecule has 0 amide bonds. The lowest BCUT2D eigenvalue weighted by Crippen LogP contribution is -2.08. The predicted molar refractivity (Wildman–Crippen MR) is 89.0 cm³/mol. The lowest BCUT2D eigenvalue weighted by atomic mass is 9.98. The van der Waals surface area contributed by atoms with Gasteiger partial charge in [0.05, 0.1) is 6.04 Å². The van der Waals surface area contributed by atoms with Gasteiger partial charge < -0.3 is 5.11 Å². The fourth-order valence-electron chi connectivity index (χ4n) is 2.38. The molecule has 0 bridgehead atoms. The molecule has 0 spiro atoms. The highest BCUT2D eigenvalue weighted by Gasteiger charge is 2.12. The Morgan fingerprint density at radius 1 is 0.952 bits per heavy atom. The van der Waals surface area contributed by atoms with E-state index in [1.807, 2.05) is 36.4 Å². The average molecular weight is 281 g/mol. The summed E-state index contributed by atoms with van der Waals surface area (Å²) in [5.74, 6) is 0.795. The van der Waals surface area contributed by atoms with Gasteiger partial charge in [-0.3, -0.25) is 4.99 Å². The van der Waals surface area contributed by atoms with E-state index < -0.39 is 0 Å². The summed E-state index contributed by atoms with van der Waals surface area (Å²) in [4.78, 5) is 4.87. The number of hydrogen-bond acceptors (Lipinski definition) is 2. The summed E-state index contributed by atoms with van der Waals surface area (Å²) in [5.41, 5.74) is 3.00. The standard InChI is InChI=1S/C19H23NO/c1-14(2)13-18(17-11-7-8-12-19(17)21)20-15(3)16-9-5-4-6-10-16/h4-12,14-15,21H,13H2,1-3H3/t15-/m1/s1. The van der Waals surface area contributed by atoms with Gasteiger partial charge in [0.1, 0.15) is 5.75 Å². The van der Waals surface area contributed by atoms with Gasteiger partial charge >= 0.3 is 0 Å². The summed E-state index contributed by atoms with van der Waals surface area (Å²) in [5, 5.41) is 10.1. The first-order chi connectivity index (χ1) is 10.1. The number of aliphatic imine (C=N–C) groups is 1. The normalized spacial score (nSPS) is 13.4. The van der Waals surface area contributed by atoms with Gasteiger partial charge in [0.25, 0.3) is 0 Å².